The first-order chi connectivity index (χ1) is 5.52. The maximum Gasteiger partial charge on any atom is 0.304 e. The molecule has 1 unspecified atom stereocenters. The second-order valence-corrected chi connectivity index (χ2v) is 3.59. The van der Waals surface area contributed by atoms with Crippen molar-refractivity contribution >= 4 is 23.7 Å². The number of aliphatic imine (C=N–C) groups is 1. The molecule has 6 heteroatoms. The Bertz CT molecular complexity index is 180. The van der Waals surface area contributed by atoms with Crippen LogP contribution in [0.4, 0.5) is 0 Å². The SMILES string of the molecule is CC(N=C(N)N)SCCC(=O)O. The van der Waals surface area contributed by atoms with Crippen LogP contribution in [-0.2, 0) is 4.79 Å². The van der Waals surface area contributed by atoms with Crippen LogP contribution in [0.15, 0.2) is 4.99 Å². The third kappa shape index (κ3) is 7.20. The largest absolute Gasteiger partial charge is 0.481 e. The van der Waals surface area contributed by atoms with Crippen LogP contribution in [0.5, 0.6) is 0 Å². The average Bonchev–Trinajstić information content (AvgIpc) is 1.84. The van der Waals surface area contributed by atoms with Crippen molar-refractivity contribution in [3.8, 4) is 0 Å². The quantitative estimate of drug-likeness (QED) is 0.413. The van der Waals surface area contributed by atoms with E-state index in [1.807, 2.05) is 6.92 Å². The van der Waals surface area contributed by atoms with E-state index in [4.69, 9.17) is 16.6 Å². The molecule has 0 bridgehead atoms. The highest BCUT2D eigenvalue weighted by Gasteiger charge is 2.02. The fourth-order valence-corrected chi connectivity index (χ4v) is 1.39. The molecule has 0 spiro atoms. The van der Waals surface area contributed by atoms with Crippen LogP contribution in [0.25, 0.3) is 0 Å². The molecule has 5 N–H and O–H groups in total. The van der Waals surface area contributed by atoms with Crippen LogP contribution in [0.3, 0.4) is 0 Å². The summed E-state index contributed by atoms with van der Waals surface area (Å²) in [5, 5.41) is 8.24. The van der Waals surface area contributed by atoms with Crippen molar-refractivity contribution in [3.63, 3.8) is 0 Å². The van der Waals surface area contributed by atoms with Gasteiger partial charge in [0.2, 0.25) is 0 Å². The zero-order chi connectivity index (χ0) is 9.56. The number of nitrogens with zero attached hydrogens (tertiary/aromatic N) is 1. The molecule has 0 saturated carbocycles. The lowest BCUT2D eigenvalue weighted by atomic mass is 10.5. The van der Waals surface area contributed by atoms with Crippen LogP contribution in [0, 0.1) is 0 Å². The Morgan fingerprint density at radius 1 is 1.67 bits per heavy atom. The van der Waals surface area contributed by atoms with Gasteiger partial charge >= 0.3 is 5.97 Å². The lowest BCUT2D eigenvalue weighted by Crippen LogP contribution is -2.24. The van der Waals surface area contributed by atoms with E-state index in [9.17, 15) is 4.79 Å². The van der Waals surface area contributed by atoms with E-state index >= 15 is 0 Å². The molecule has 0 heterocycles. The standard InChI is InChI=1S/C6H13N3O2S/c1-4(9-6(7)8)12-3-2-5(10)11/h4H,2-3H2,1H3,(H,10,11)(H4,7,8,9). The van der Waals surface area contributed by atoms with E-state index in [0.29, 0.717) is 5.75 Å². The third-order valence-corrected chi connectivity index (χ3v) is 2.03. The van der Waals surface area contributed by atoms with Gasteiger partial charge in [0.15, 0.2) is 5.96 Å². The highest BCUT2D eigenvalue weighted by atomic mass is 32.2. The Balaban J connectivity index is 3.51. The van der Waals surface area contributed by atoms with E-state index in [2.05, 4.69) is 4.99 Å². The van der Waals surface area contributed by atoms with E-state index < -0.39 is 5.97 Å². The highest BCUT2D eigenvalue weighted by Crippen LogP contribution is 2.11. The van der Waals surface area contributed by atoms with Crippen LogP contribution >= 0.6 is 11.8 Å². The minimum Gasteiger partial charge on any atom is -0.481 e. The fraction of sp³-hybridized carbons (Fsp3) is 0.667. The number of carbonyl (C=O) groups is 1. The normalized spacial score (nSPS) is 12.1. The first kappa shape index (κ1) is 11.1. The van der Waals surface area contributed by atoms with Crippen molar-refractivity contribution < 1.29 is 9.90 Å². The van der Waals surface area contributed by atoms with Crippen LogP contribution in [0.2, 0.25) is 0 Å². The summed E-state index contributed by atoms with van der Waals surface area (Å²) < 4.78 is 0. The maximum absolute atomic E-state index is 10.1. The molecule has 0 aromatic heterocycles. The van der Waals surface area contributed by atoms with Crippen molar-refractivity contribution in [1.29, 1.82) is 0 Å². The molecule has 0 fully saturated rings. The number of carboxylic acids is 1. The first-order valence-electron chi connectivity index (χ1n) is 3.44. The van der Waals surface area contributed by atoms with Crippen molar-refractivity contribution in [1.82, 2.24) is 0 Å². The monoisotopic (exact) mass is 191 g/mol. The molecular weight excluding hydrogens is 178 g/mol. The summed E-state index contributed by atoms with van der Waals surface area (Å²) >= 11 is 1.40. The van der Waals surface area contributed by atoms with E-state index in [0.717, 1.165) is 0 Å². The van der Waals surface area contributed by atoms with Gasteiger partial charge < -0.3 is 16.6 Å². The third-order valence-electron chi connectivity index (χ3n) is 1.01. The van der Waals surface area contributed by atoms with Crippen molar-refractivity contribution in [2.24, 2.45) is 16.5 Å². The van der Waals surface area contributed by atoms with Crippen molar-refractivity contribution in [2.75, 3.05) is 5.75 Å². The molecule has 0 aliphatic heterocycles. The summed E-state index contributed by atoms with van der Waals surface area (Å²) in [5.41, 5.74) is 10.2. The molecule has 5 nitrogen and oxygen atoms in total. The van der Waals surface area contributed by atoms with E-state index in [1.165, 1.54) is 11.8 Å². The summed E-state index contributed by atoms with van der Waals surface area (Å²) in [6.07, 6.45) is 0.134. The number of rotatable bonds is 5. The van der Waals surface area contributed by atoms with Crippen molar-refractivity contribution in [3.05, 3.63) is 0 Å². The van der Waals surface area contributed by atoms with Crippen LogP contribution in [-0.4, -0.2) is 28.2 Å². The Kier molecular flexibility index (Phi) is 5.27. The predicted octanol–water partition coefficient (Wildman–Crippen LogP) is -0.186. The number of guanidine groups is 1. The maximum atomic E-state index is 10.1. The highest BCUT2D eigenvalue weighted by molar-refractivity contribution is 7.99. The number of hydrogen-bond donors (Lipinski definition) is 3. The smallest absolute Gasteiger partial charge is 0.304 e. The van der Waals surface area contributed by atoms with Crippen LogP contribution in [0.1, 0.15) is 13.3 Å². The second-order valence-electron chi connectivity index (χ2n) is 2.17. The summed E-state index contributed by atoms with van der Waals surface area (Å²) in [6.45, 7) is 1.81. The van der Waals surface area contributed by atoms with Gasteiger partial charge in [-0.05, 0) is 6.92 Å². The molecule has 70 valence electrons. The van der Waals surface area contributed by atoms with Gasteiger partial charge in [-0.25, -0.2) is 4.99 Å². The number of carboxylic acid groups (broad SMARTS) is 1. The Labute approximate surface area is 75.2 Å². The van der Waals surface area contributed by atoms with Gasteiger partial charge in [0, 0.05) is 5.75 Å². The predicted molar refractivity (Wildman–Crippen MR) is 50.0 cm³/mol. The minimum absolute atomic E-state index is 0.0327. The lowest BCUT2D eigenvalue weighted by Gasteiger charge is -2.04. The number of nitrogens with two attached hydrogens (primary N) is 2. The molecule has 0 aromatic carbocycles. The second kappa shape index (κ2) is 5.70. The summed E-state index contributed by atoms with van der Waals surface area (Å²) in [4.78, 5) is 13.9. The topological polar surface area (TPSA) is 102 Å². The minimum atomic E-state index is -0.806. The van der Waals surface area contributed by atoms with Gasteiger partial charge in [-0.1, -0.05) is 0 Å². The molecule has 0 saturated heterocycles. The molecule has 1 atom stereocenters. The van der Waals surface area contributed by atoms with E-state index in [1.54, 1.807) is 0 Å². The Morgan fingerprint density at radius 3 is 2.67 bits per heavy atom. The molecule has 0 aliphatic carbocycles. The lowest BCUT2D eigenvalue weighted by molar-refractivity contribution is -0.136. The van der Waals surface area contributed by atoms with Crippen molar-refractivity contribution in [2.45, 2.75) is 18.7 Å². The van der Waals surface area contributed by atoms with Gasteiger partial charge in [-0.2, -0.15) is 0 Å². The average molecular weight is 191 g/mol. The first-order valence-corrected chi connectivity index (χ1v) is 4.49. The number of aliphatic carboxylic acids is 1. The number of hydrogen-bond acceptors (Lipinski definition) is 3. The van der Waals surface area contributed by atoms with Gasteiger partial charge in [-0.15, -0.1) is 11.8 Å². The molecule has 0 amide bonds. The van der Waals surface area contributed by atoms with E-state index in [-0.39, 0.29) is 17.8 Å². The zero-order valence-electron chi connectivity index (χ0n) is 6.86. The summed E-state index contributed by atoms with van der Waals surface area (Å²) in [6, 6.07) is 0. The van der Waals surface area contributed by atoms with Gasteiger partial charge in [0.05, 0.1) is 11.8 Å². The van der Waals surface area contributed by atoms with Gasteiger partial charge in [0.25, 0.3) is 0 Å². The Hall–Kier alpha value is -0.910. The molecule has 0 rings (SSSR count). The zero-order valence-corrected chi connectivity index (χ0v) is 7.67. The van der Waals surface area contributed by atoms with Gasteiger partial charge in [-0.3, -0.25) is 4.79 Å². The Morgan fingerprint density at radius 2 is 2.25 bits per heavy atom. The molecule has 12 heavy (non-hydrogen) atoms. The summed E-state index contributed by atoms with van der Waals surface area (Å²) in [5.74, 6) is -0.252. The number of thioether (sulfide) groups is 1. The fourth-order valence-electron chi connectivity index (χ4n) is 0.564. The van der Waals surface area contributed by atoms with Crippen LogP contribution < -0.4 is 11.5 Å². The molecule has 0 radical (unpaired) electrons. The molecule has 0 aliphatic rings. The van der Waals surface area contributed by atoms with Gasteiger partial charge in [0.1, 0.15) is 0 Å². The molecular formula is C6H13N3O2S. The summed E-state index contributed by atoms with van der Waals surface area (Å²) in [7, 11) is 0. The molecule has 0 aromatic rings.